The molecule has 1 unspecified atom stereocenters. The largest absolute Gasteiger partial charge is 0.489 e. The first-order valence-corrected chi connectivity index (χ1v) is 9.29. The topological polar surface area (TPSA) is 58.6 Å². The van der Waals surface area contributed by atoms with Crippen LogP contribution >= 0.6 is 11.8 Å². The van der Waals surface area contributed by atoms with Gasteiger partial charge in [-0.2, -0.15) is 11.8 Å². The molecule has 0 aliphatic rings. The molecule has 2 rings (SSSR count). The number of carboxylic acids is 1. The second-order valence-corrected chi connectivity index (χ2v) is 6.46. The molecule has 0 radical (unpaired) electrons. The van der Waals surface area contributed by atoms with E-state index < -0.39 is 12.0 Å². The van der Waals surface area contributed by atoms with Crippen molar-refractivity contribution in [3.63, 3.8) is 0 Å². The van der Waals surface area contributed by atoms with E-state index in [9.17, 15) is 9.90 Å². The first-order valence-electron chi connectivity index (χ1n) is 7.90. The molecule has 0 spiro atoms. The van der Waals surface area contributed by atoms with E-state index in [0.717, 1.165) is 22.6 Å². The zero-order chi connectivity index (χ0) is 17.2. The van der Waals surface area contributed by atoms with Crippen molar-refractivity contribution in [3.8, 4) is 5.75 Å². The number of hydrogen-bond donors (Lipinski definition) is 2. The van der Waals surface area contributed by atoms with Crippen LogP contribution in [0.1, 0.15) is 17.5 Å². The Morgan fingerprint density at radius 1 is 1.17 bits per heavy atom. The maximum absolute atomic E-state index is 11.3. The van der Waals surface area contributed by atoms with E-state index in [1.54, 1.807) is 11.8 Å². The van der Waals surface area contributed by atoms with Gasteiger partial charge in [-0.25, -0.2) is 0 Å². The lowest BCUT2D eigenvalue weighted by Gasteiger charge is -2.14. The van der Waals surface area contributed by atoms with Crippen molar-refractivity contribution in [2.45, 2.75) is 25.6 Å². The van der Waals surface area contributed by atoms with E-state index >= 15 is 0 Å². The number of rotatable bonds is 10. The van der Waals surface area contributed by atoms with E-state index in [1.807, 2.05) is 60.9 Å². The van der Waals surface area contributed by atoms with Crippen LogP contribution < -0.4 is 10.1 Å². The maximum Gasteiger partial charge on any atom is 0.320 e. The van der Waals surface area contributed by atoms with Gasteiger partial charge >= 0.3 is 5.97 Å². The average Bonchev–Trinajstić information content (AvgIpc) is 2.61. The zero-order valence-electron chi connectivity index (χ0n) is 13.8. The average molecular weight is 345 g/mol. The van der Waals surface area contributed by atoms with Gasteiger partial charge in [0.05, 0.1) is 0 Å². The van der Waals surface area contributed by atoms with Crippen LogP contribution in [0.2, 0.25) is 0 Å². The third-order valence-corrected chi connectivity index (χ3v) is 4.25. The van der Waals surface area contributed by atoms with E-state index in [1.165, 1.54) is 0 Å². The minimum absolute atomic E-state index is 0.508. The molecule has 2 aromatic rings. The third kappa shape index (κ3) is 6.26. The summed E-state index contributed by atoms with van der Waals surface area (Å²) in [6.45, 7) is 1.02. The molecule has 0 saturated carbocycles. The molecule has 1 atom stereocenters. The number of aliphatic carboxylic acids is 1. The van der Waals surface area contributed by atoms with E-state index in [-0.39, 0.29) is 0 Å². The van der Waals surface area contributed by atoms with Gasteiger partial charge in [0, 0.05) is 6.54 Å². The number of nitrogens with one attached hydrogen (secondary N) is 1. The number of hydrogen-bond acceptors (Lipinski definition) is 4. The Morgan fingerprint density at radius 3 is 2.62 bits per heavy atom. The molecule has 0 saturated heterocycles. The van der Waals surface area contributed by atoms with Crippen LogP contribution in [0.15, 0.2) is 54.6 Å². The Kier molecular flexibility index (Phi) is 7.65. The summed E-state index contributed by atoms with van der Waals surface area (Å²) in [6, 6.07) is 17.2. The molecule has 2 aromatic carbocycles. The fourth-order valence-corrected chi connectivity index (χ4v) is 2.75. The normalized spacial score (nSPS) is 11.9. The molecule has 4 nitrogen and oxygen atoms in total. The number of thioether (sulfide) groups is 1. The summed E-state index contributed by atoms with van der Waals surface area (Å²) in [5, 5.41) is 12.3. The molecule has 128 valence electrons. The Hall–Kier alpha value is -1.98. The second kappa shape index (κ2) is 10.0. The molecule has 0 heterocycles. The molecule has 24 heavy (non-hydrogen) atoms. The maximum atomic E-state index is 11.3. The highest BCUT2D eigenvalue weighted by molar-refractivity contribution is 7.98. The van der Waals surface area contributed by atoms with Crippen LogP contribution in [-0.2, 0) is 17.9 Å². The molecule has 2 N–H and O–H groups in total. The summed E-state index contributed by atoms with van der Waals surface area (Å²) in [5.41, 5.74) is 2.12. The van der Waals surface area contributed by atoms with Crippen molar-refractivity contribution < 1.29 is 14.6 Å². The van der Waals surface area contributed by atoms with Gasteiger partial charge in [0.1, 0.15) is 18.4 Å². The standard InChI is InChI=1S/C19H23NO3S/c1-24-11-10-18(19(21)22)20-13-16-8-5-9-17(12-16)23-14-15-6-3-2-4-7-15/h2-9,12,18,20H,10-11,13-14H2,1H3,(H,21,22). The van der Waals surface area contributed by atoms with Crippen molar-refractivity contribution in [3.05, 3.63) is 65.7 Å². The molecule has 0 aliphatic heterocycles. The minimum Gasteiger partial charge on any atom is -0.489 e. The summed E-state index contributed by atoms with van der Waals surface area (Å²) in [6.07, 6.45) is 2.59. The van der Waals surface area contributed by atoms with E-state index in [4.69, 9.17) is 4.74 Å². The lowest BCUT2D eigenvalue weighted by molar-refractivity contribution is -0.139. The van der Waals surface area contributed by atoms with E-state index in [0.29, 0.717) is 19.6 Å². The molecular weight excluding hydrogens is 322 g/mol. The predicted molar refractivity (Wildman–Crippen MR) is 98.5 cm³/mol. The van der Waals surface area contributed by atoms with Gasteiger partial charge in [-0.05, 0) is 41.7 Å². The van der Waals surface area contributed by atoms with Crippen LogP contribution in [0.4, 0.5) is 0 Å². The Bertz CT molecular complexity index is 634. The van der Waals surface area contributed by atoms with Crippen LogP contribution in [0.25, 0.3) is 0 Å². The Morgan fingerprint density at radius 2 is 1.92 bits per heavy atom. The van der Waals surface area contributed by atoms with Crippen LogP contribution in [0.3, 0.4) is 0 Å². The van der Waals surface area contributed by atoms with Crippen LogP contribution in [0, 0.1) is 0 Å². The molecule has 0 bridgehead atoms. The van der Waals surface area contributed by atoms with Crippen molar-refractivity contribution >= 4 is 17.7 Å². The summed E-state index contributed by atoms with van der Waals surface area (Å²) in [7, 11) is 0. The van der Waals surface area contributed by atoms with Crippen molar-refractivity contribution in [2.75, 3.05) is 12.0 Å². The summed E-state index contributed by atoms with van der Waals surface area (Å²) in [5.74, 6) is 0.805. The van der Waals surface area contributed by atoms with Gasteiger partial charge in [-0.15, -0.1) is 0 Å². The fraction of sp³-hybridized carbons (Fsp3) is 0.316. The first-order chi connectivity index (χ1) is 11.7. The highest BCUT2D eigenvalue weighted by atomic mass is 32.2. The number of ether oxygens (including phenoxy) is 1. The second-order valence-electron chi connectivity index (χ2n) is 5.47. The Labute approximate surface area is 147 Å². The van der Waals surface area contributed by atoms with Gasteiger partial charge in [0.15, 0.2) is 0 Å². The molecule has 0 amide bonds. The first kappa shape index (κ1) is 18.4. The van der Waals surface area contributed by atoms with Gasteiger partial charge in [-0.1, -0.05) is 42.5 Å². The predicted octanol–water partition coefficient (Wildman–Crippen LogP) is 3.56. The van der Waals surface area contributed by atoms with Crippen LogP contribution in [0.5, 0.6) is 5.75 Å². The Balaban J connectivity index is 1.88. The molecular formula is C19H23NO3S. The summed E-state index contributed by atoms with van der Waals surface area (Å²) < 4.78 is 5.80. The smallest absolute Gasteiger partial charge is 0.320 e. The number of carbonyl (C=O) groups is 1. The van der Waals surface area contributed by atoms with Crippen molar-refractivity contribution in [1.82, 2.24) is 5.32 Å². The summed E-state index contributed by atoms with van der Waals surface area (Å²) >= 11 is 1.65. The van der Waals surface area contributed by atoms with Crippen molar-refractivity contribution in [1.29, 1.82) is 0 Å². The quantitative estimate of drug-likeness (QED) is 0.689. The van der Waals surface area contributed by atoms with Crippen LogP contribution in [-0.4, -0.2) is 29.1 Å². The minimum atomic E-state index is -0.805. The number of benzene rings is 2. The summed E-state index contributed by atoms with van der Waals surface area (Å²) in [4.78, 5) is 11.3. The van der Waals surface area contributed by atoms with Gasteiger partial charge in [0.2, 0.25) is 0 Å². The van der Waals surface area contributed by atoms with E-state index in [2.05, 4.69) is 5.32 Å². The SMILES string of the molecule is CSCCC(NCc1cccc(OCc2ccccc2)c1)C(=O)O. The highest BCUT2D eigenvalue weighted by Crippen LogP contribution is 2.15. The highest BCUT2D eigenvalue weighted by Gasteiger charge is 2.15. The lowest BCUT2D eigenvalue weighted by Crippen LogP contribution is -2.36. The third-order valence-electron chi connectivity index (χ3n) is 3.61. The van der Waals surface area contributed by atoms with Gasteiger partial charge in [0.25, 0.3) is 0 Å². The molecule has 0 aromatic heterocycles. The zero-order valence-corrected chi connectivity index (χ0v) is 14.6. The molecule has 0 aliphatic carbocycles. The monoisotopic (exact) mass is 345 g/mol. The number of carboxylic acid groups (broad SMARTS) is 1. The van der Waals surface area contributed by atoms with Gasteiger partial charge in [-0.3, -0.25) is 4.79 Å². The lowest BCUT2D eigenvalue weighted by atomic mass is 10.1. The van der Waals surface area contributed by atoms with Gasteiger partial charge < -0.3 is 15.2 Å². The van der Waals surface area contributed by atoms with Crippen molar-refractivity contribution in [2.24, 2.45) is 0 Å². The molecule has 0 fully saturated rings. The molecule has 5 heteroatoms. The fourth-order valence-electron chi connectivity index (χ4n) is 2.28.